The summed E-state index contributed by atoms with van der Waals surface area (Å²) in [5.74, 6) is 0. The van der Waals surface area contributed by atoms with Crippen LogP contribution in [0.5, 0.6) is 0 Å². The van der Waals surface area contributed by atoms with Crippen LogP contribution in [0, 0.1) is 6.92 Å². The summed E-state index contributed by atoms with van der Waals surface area (Å²) < 4.78 is 0.900. The summed E-state index contributed by atoms with van der Waals surface area (Å²) in [6, 6.07) is 14.5. The average molecular weight is 354 g/mol. The summed E-state index contributed by atoms with van der Waals surface area (Å²) in [5, 5.41) is 0.707. The number of anilines is 1. The maximum atomic E-state index is 6.18. The summed E-state index contributed by atoms with van der Waals surface area (Å²) in [4.78, 5) is 2.18. The van der Waals surface area contributed by atoms with Crippen molar-refractivity contribution in [2.45, 2.75) is 13.0 Å². The number of hydrogen-bond donors (Lipinski definition) is 1. The van der Waals surface area contributed by atoms with Gasteiger partial charge in [0.1, 0.15) is 0 Å². The fourth-order valence-corrected chi connectivity index (χ4v) is 2.63. The Hall–Kier alpha value is -1.03. The number of benzene rings is 2. The van der Waals surface area contributed by atoms with E-state index in [-0.39, 0.29) is 6.04 Å². The molecule has 0 bridgehead atoms. The molecule has 2 nitrogen and oxygen atoms in total. The first-order valence-corrected chi connectivity index (χ1v) is 7.64. The standard InChI is InChI=1S/C16H18BrClN2/c1-11-3-6-13(7-4-11)20(2)16(10-19)12-5-8-14(17)15(18)9-12/h3-9,16H,10,19H2,1-2H3. The van der Waals surface area contributed by atoms with Crippen molar-refractivity contribution in [1.29, 1.82) is 0 Å². The Labute approximate surface area is 133 Å². The fraction of sp³-hybridized carbons (Fsp3) is 0.250. The molecule has 0 heterocycles. The van der Waals surface area contributed by atoms with Crippen LogP contribution in [0.3, 0.4) is 0 Å². The summed E-state index contributed by atoms with van der Waals surface area (Å²) in [6.07, 6.45) is 0. The zero-order valence-electron chi connectivity index (χ0n) is 11.6. The number of aryl methyl sites for hydroxylation is 1. The first-order chi connectivity index (χ1) is 9.52. The van der Waals surface area contributed by atoms with Crippen molar-refractivity contribution in [1.82, 2.24) is 0 Å². The first kappa shape index (κ1) is 15.4. The molecule has 20 heavy (non-hydrogen) atoms. The minimum absolute atomic E-state index is 0.100. The van der Waals surface area contributed by atoms with Crippen molar-refractivity contribution in [2.24, 2.45) is 5.73 Å². The highest BCUT2D eigenvalue weighted by atomic mass is 79.9. The van der Waals surface area contributed by atoms with E-state index in [1.165, 1.54) is 5.56 Å². The number of nitrogens with zero attached hydrogens (tertiary/aromatic N) is 1. The SMILES string of the molecule is Cc1ccc(N(C)C(CN)c2ccc(Br)c(Cl)c2)cc1. The third kappa shape index (κ3) is 3.35. The van der Waals surface area contributed by atoms with E-state index in [0.29, 0.717) is 11.6 Å². The molecule has 0 fully saturated rings. The van der Waals surface area contributed by atoms with Crippen molar-refractivity contribution >= 4 is 33.2 Å². The zero-order chi connectivity index (χ0) is 14.7. The summed E-state index contributed by atoms with van der Waals surface area (Å²) in [7, 11) is 2.05. The molecule has 0 aromatic heterocycles. The number of nitrogens with two attached hydrogens (primary N) is 1. The molecule has 1 unspecified atom stereocenters. The molecular formula is C16H18BrClN2. The highest BCUT2D eigenvalue weighted by Gasteiger charge is 2.16. The van der Waals surface area contributed by atoms with Crippen LogP contribution in [0.4, 0.5) is 5.69 Å². The van der Waals surface area contributed by atoms with Gasteiger partial charge in [-0.05, 0) is 52.7 Å². The molecule has 0 saturated heterocycles. The lowest BCUT2D eigenvalue weighted by molar-refractivity contribution is 0.680. The predicted molar refractivity (Wildman–Crippen MR) is 90.5 cm³/mol. The second kappa shape index (κ2) is 6.61. The van der Waals surface area contributed by atoms with Gasteiger partial charge in [-0.25, -0.2) is 0 Å². The van der Waals surface area contributed by atoms with E-state index in [1.54, 1.807) is 0 Å². The Morgan fingerprint density at radius 1 is 1.20 bits per heavy atom. The molecule has 2 rings (SSSR count). The third-order valence-electron chi connectivity index (χ3n) is 3.46. The summed E-state index contributed by atoms with van der Waals surface area (Å²) in [6.45, 7) is 2.61. The number of rotatable bonds is 4. The van der Waals surface area contributed by atoms with Crippen LogP contribution >= 0.6 is 27.5 Å². The van der Waals surface area contributed by atoms with Gasteiger partial charge in [0.05, 0.1) is 11.1 Å². The van der Waals surface area contributed by atoms with Crippen LogP contribution in [0.15, 0.2) is 46.9 Å². The minimum Gasteiger partial charge on any atom is -0.366 e. The molecule has 0 saturated carbocycles. The average Bonchev–Trinajstić information content (AvgIpc) is 2.44. The Bertz CT molecular complexity index is 584. The molecule has 2 aromatic rings. The molecule has 0 amide bonds. The fourth-order valence-electron chi connectivity index (χ4n) is 2.20. The smallest absolute Gasteiger partial charge is 0.0662 e. The Morgan fingerprint density at radius 2 is 1.85 bits per heavy atom. The van der Waals surface area contributed by atoms with Crippen molar-refractivity contribution in [3.8, 4) is 0 Å². The number of halogens is 2. The molecule has 1 atom stereocenters. The molecule has 0 spiro atoms. The molecular weight excluding hydrogens is 336 g/mol. The number of likely N-dealkylation sites (N-methyl/N-ethyl adjacent to an activating group) is 1. The minimum atomic E-state index is 0.100. The lowest BCUT2D eigenvalue weighted by Crippen LogP contribution is -2.30. The Kier molecular flexibility index (Phi) is 5.08. The molecule has 0 aliphatic carbocycles. The first-order valence-electron chi connectivity index (χ1n) is 6.47. The lowest BCUT2D eigenvalue weighted by Gasteiger charge is -2.30. The van der Waals surface area contributed by atoms with Gasteiger partial charge in [-0.3, -0.25) is 0 Å². The van der Waals surface area contributed by atoms with E-state index >= 15 is 0 Å². The maximum Gasteiger partial charge on any atom is 0.0662 e. The van der Waals surface area contributed by atoms with Crippen LogP contribution in [-0.4, -0.2) is 13.6 Å². The van der Waals surface area contributed by atoms with Crippen molar-refractivity contribution in [3.63, 3.8) is 0 Å². The van der Waals surface area contributed by atoms with Crippen LogP contribution < -0.4 is 10.6 Å². The molecule has 2 N–H and O–H groups in total. The van der Waals surface area contributed by atoms with Gasteiger partial charge < -0.3 is 10.6 Å². The summed E-state index contributed by atoms with van der Waals surface area (Å²) >= 11 is 9.59. The highest BCUT2D eigenvalue weighted by molar-refractivity contribution is 9.10. The molecule has 4 heteroatoms. The van der Waals surface area contributed by atoms with E-state index in [4.69, 9.17) is 17.3 Å². The number of hydrogen-bond acceptors (Lipinski definition) is 2. The largest absolute Gasteiger partial charge is 0.366 e. The maximum absolute atomic E-state index is 6.18. The normalized spacial score (nSPS) is 12.2. The molecule has 0 radical (unpaired) electrons. The van der Waals surface area contributed by atoms with E-state index in [0.717, 1.165) is 15.7 Å². The second-order valence-electron chi connectivity index (χ2n) is 4.87. The van der Waals surface area contributed by atoms with Gasteiger partial charge in [0.2, 0.25) is 0 Å². The monoisotopic (exact) mass is 352 g/mol. The van der Waals surface area contributed by atoms with Crippen LogP contribution in [0.1, 0.15) is 17.2 Å². The van der Waals surface area contributed by atoms with Gasteiger partial charge in [0.15, 0.2) is 0 Å². The van der Waals surface area contributed by atoms with Gasteiger partial charge in [0.25, 0.3) is 0 Å². The van der Waals surface area contributed by atoms with Gasteiger partial charge in [-0.2, -0.15) is 0 Å². The van der Waals surface area contributed by atoms with E-state index in [9.17, 15) is 0 Å². The highest BCUT2D eigenvalue weighted by Crippen LogP contribution is 2.30. The second-order valence-corrected chi connectivity index (χ2v) is 6.13. The van der Waals surface area contributed by atoms with Crippen LogP contribution in [0.25, 0.3) is 0 Å². The van der Waals surface area contributed by atoms with Gasteiger partial charge >= 0.3 is 0 Å². The third-order valence-corrected chi connectivity index (χ3v) is 4.69. The Balaban J connectivity index is 2.31. The molecule has 0 aliphatic rings. The summed E-state index contributed by atoms with van der Waals surface area (Å²) in [5.41, 5.74) is 9.47. The molecule has 0 aliphatic heterocycles. The van der Waals surface area contributed by atoms with E-state index in [1.807, 2.05) is 12.1 Å². The van der Waals surface area contributed by atoms with Crippen LogP contribution in [-0.2, 0) is 0 Å². The topological polar surface area (TPSA) is 29.3 Å². The van der Waals surface area contributed by atoms with Gasteiger partial charge in [-0.15, -0.1) is 0 Å². The van der Waals surface area contributed by atoms with Crippen molar-refractivity contribution in [3.05, 3.63) is 63.1 Å². The predicted octanol–water partition coefficient (Wildman–Crippen LogP) is 4.55. The molecule has 106 valence electrons. The van der Waals surface area contributed by atoms with Crippen molar-refractivity contribution in [2.75, 3.05) is 18.5 Å². The Morgan fingerprint density at radius 3 is 2.40 bits per heavy atom. The van der Waals surface area contributed by atoms with Gasteiger partial charge in [-0.1, -0.05) is 35.4 Å². The lowest BCUT2D eigenvalue weighted by atomic mass is 10.0. The zero-order valence-corrected chi connectivity index (χ0v) is 13.9. The quantitative estimate of drug-likeness (QED) is 0.874. The molecule has 2 aromatic carbocycles. The van der Waals surface area contributed by atoms with Crippen molar-refractivity contribution < 1.29 is 0 Å². The van der Waals surface area contributed by atoms with E-state index in [2.05, 4.69) is 65.1 Å². The van der Waals surface area contributed by atoms with Crippen LogP contribution in [0.2, 0.25) is 5.02 Å². The van der Waals surface area contributed by atoms with E-state index < -0.39 is 0 Å². The van der Waals surface area contributed by atoms with Gasteiger partial charge in [0, 0.05) is 23.8 Å².